The molecule has 288 valence electrons. The first kappa shape index (κ1) is 40.8. The lowest BCUT2D eigenvalue weighted by Gasteiger charge is -2.32. The molecule has 0 saturated heterocycles. The minimum atomic E-state index is -4.47. The molecular weight excluding hydrogens is 674 g/mol. The van der Waals surface area contributed by atoms with Gasteiger partial charge in [0.1, 0.15) is 25.3 Å². The number of aliphatic hydroxyl groups is 2. The number of carbonyl (C=O) groups excluding carboxylic acids is 2. The van der Waals surface area contributed by atoms with Crippen molar-refractivity contribution in [3.8, 4) is 0 Å². The monoisotopic (exact) mass is 728 g/mol. The van der Waals surface area contributed by atoms with Crippen LogP contribution in [0.4, 0.5) is 35.9 Å². The fourth-order valence-corrected chi connectivity index (χ4v) is 5.74. The van der Waals surface area contributed by atoms with Crippen molar-refractivity contribution in [2.75, 3.05) is 13.2 Å². The van der Waals surface area contributed by atoms with E-state index in [1.807, 2.05) is 60.7 Å². The van der Waals surface area contributed by atoms with Crippen molar-refractivity contribution in [2.45, 2.75) is 113 Å². The normalized spacial score (nSPS) is 22.2. The van der Waals surface area contributed by atoms with Gasteiger partial charge in [-0.1, -0.05) is 60.7 Å². The molecule has 2 fully saturated rings. The van der Waals surface area contributed by atoms with Crippen LogP contribution in [0.3, 0.4) is 0 Å². The SMILES string of the molecule is O=C(NC1CCC(N[C@H](CO)C(F)(F)F)CC1)OCc1ccccc1.O=C(NC1CCC(N[C@H](CO)C(F)(F)F)CC1)OCc1ccccc1.[HH].[HH].[HH].[HH]. The van der Waals surface area contributed by atoms with Gasteiger partial charge in [0.2, 0.25) is 0 Å². The van der Waals surface area contributed by atoms with Crippen molar-refractivity contribution >= 4 is 12.2 Å². The molecule has 50 heavy (non-hydrogen) atoms. The lowest BCUT2D eigenvalue weighted by atomic mass is 9.91. The lowest BCUT2D eigenvalue weighted by Crippen LogP contribution is -2.51. The van der Waals surface area contributed by atoms with Gasteiger partial charge in [-0.2, -0.15) is 26.3 Å². The molecule has 2 aromatic carbocycles. The van der Waals surface area contributed by atoms with E-state index in [1.165, 1.54) is 0 Å². The number of benzene rings is 2. The molecule has 0 aromatic heterocycles. The number of hydrogen-bond acceptors (Lipinski definition) is 8. The van der Waals surface area contributed by atoms with Gasteiger partial charge in [0.05, 0.1) is 13.2 Å². The van der Waals surface area contributed by atoms with E-state index in [0.717, 1.165) is 11.1 Å². The van der Waals surface area contributed by atoms with E-state index in [0.29, 0.717) is 51.4 Å². The largest absolute Gasteiger partial charge is 0.445 e. The number of aliphatic hydroxyl groups excluding tert-OH is 2. The summed E-state index contributed by atoms with van der Waals surface area (Å²) in [6, 6.07) is 13.9. The average molecular weight is 729 g/mol. The Morgan fingerprint density at radius 1 is 0.600 bits per heavy atom. The summed E-state index contributed by atoms with van der Waals surface area (Å²) >= 11 is 0. The summed E-state index contributed by atoms with van der Waals surface area (Å²) in [5, 5.41) is 28.1. The van der Waals surface area contributed by atoms with Gasteiger partial charge in [-0.05, 0) is 62.5 Å². The highest BCUT2D eigenvalue weighted by Crippen LogP contribution is 2.26. The zero-order valence-corrected chi connectivity index (χ0v) is 27.5. The zero-order valence-electron chi connectivity index (χ0n) is 27.5. The minimum Gasteiger partial charge on any atom is -0.445 e. The van der Waals surface area contributed by atoms with Gasteiger partial charge in [0.25, 0.3) is 0 Å². The molecule has 2 atom stereocenters. The summed E-state index contributed by atoms with van der Waals surface area (Å²) in [5.74, 6) is 0. The highest BCUT2D eigenvalue weighted by Gasteiger charge is 2.41. The summed E-state index contributed by atoms with van der Waals surface area (Å²) in [6.45, 7) is -1.61. The minimum absolute atomic E-state index is 0. The van der Waals surface area contributed by atoms with Crippen LogP contribution < -0.4 is 21.3 Å². The predicted octanol–water partition coefficient (Wildman–Crippen LogP) is 6.46. The van der Waals surface area contributed by atoms with E-state index in [4.69, 9.17) is 19.7 Å². The fourth-order valence-electron chi connectivity index (χ4n) is 5.74. The Balaban J connectivity index is 0. The van der Waals surface area contributed by atoms with Crippen molar-refractivity contribution in [1.29, 1.82) is 0 Å². The van der Waals surface area contributed by atoms with Crippen LogP contribution in [0.25, 0.3) is 0 Å². The van der Waals surface area contributed by atoms with E-state index in [-0.39, 0.29) is 43.1 Å². The van der Waals surface area contributed by atoms with Crippen molar-refractivity contribution < 1.29 is 61.3 Å². The molecule has 4 rings (SSSR count). The van der Waals surface area contributed by atoms with Crippen LogP contribution in [0, 0.1) is 0 Å². The molecule has 16 heteroatoms. The van der Waals surface area contributed by atoms with E-state index in [1.54, 1.807) is 0 Å². The summed E-state index contributed by atoms with van der Waals surface area (Å²) < 4.78 is 86.2. The van der Waals surface area contributed by atoms with Crippen LogP contribution >= 0.6 is 0 Å². The molecule has 2 amide bonds. The fraction of sp³-hybridized carbons (Fsp3) is 0.588. The van der Waals surface area contributed by atoms with E-state index < -0.39 is 49.8 Å². The molecule has 2 aliphatic carbocycles. The molecule has 0 unspecified atom stereocenters. The molecule has 6 N–H and O–H groups in total. The third-order valence-electron chi connectivity index (χ3n) is 8.55. The number of alkyl carbamates (subject to hydrolysis) is 2. The van der Waals surface area contributed by atoms with Crippen LogP contribution in [-0.2, 0) is 22.7 Å². The van der Waals surface area contributed by atoms with Gasteiger partial charge >= 0.3 is 24.5 Å². The first-order valence-electron chi connectivity index (χ1n) is 16.6. The second-order valence-electron chi connectivity index (χ2n) is 12.4. The van der Waals surface area contributed by atoms with E-state index >= 15 is 0 Å². The first-order valence-corrected chi connectivity index (χ1v) is 16.6. The number of nitrogens with one attached hydrogen (secondary N) is 4. The Kier molecular flexibility index (Phi) is 16.6. The number of rotatable bonds is 12. The Hall–Kier alpha value is -3.60. The van der Waals surface area contributed by atoms with Crippen molar-refractivity contribution in [1.82, 2.24) is 21.3 Å². The second-order valence-corrected chi connectivity index (χ2v) is 12.4. The summed E-state index contributed by atoms with van der Waals surface area (Å²) in [4.78, 5) is 23.6. The highest BCUT2D eigenvalue weighted by molar-refractivity contribution is 5.68. The van der Waals surface area contributed by atoms with Crippen molar-refractivity contribution in [3.63, 3.8) is 0 Å². The predicted molar refractivity (Wildman–Crippen MR) is 180 cm³/mol. The average Bonchev–Trinajstić information content (AvgIpc) is 3.09. The Morgan fingerprint density at radius 3 is 1.18 bits per heavy atom. The number of carbonyl (C=O) groups is 2. The maximum absolute atomic E-state index is 12.7. The number of halogens is 6. The molecule has 0 radical (unpaired) electrons. The van der Waals surface area contributed by atoms with Gasteiger partial charge in [-0.15, -0.1) is 0 Å². The second kappa shape index (κ2) is 20.3. The maximum Gasteiger partial charge on any atom is 0.407 e. The molecule has 2 aliphatic rings. The first-order chi connectivity index (χ1) is 23.8. The molecule has 0 spiro atoms. The summed E-state index contributed by atoms with van der Waals surface area (Å²) in [6.07, 6.45) is -5.74. The van der Waals surface area contributed by atoms with Crippen molar-refractivity contribution in [2.24, 2.45) is 0 Å². The van der Waals surface area contributed by atoms with Crippen LogP contribution in [0.15, 0.2) is 60.7 Å². The number of amides is 2. The number of ether oxygens (including phenoxy) is 2. The quantitative estimate of drug-likeness (QED) is 0.137. The van der Waals surface area contributed by atoms with Gasteiger partial charge in [-0.3, -0.25) is 0 Å². The van der Waals surface area contributed by atoms with E-state index in [9.17, 15) is 35.9 Å². The molecule has 10 nitrogen and oxygen atoms in total. The Morgan fingerprint density at radius 2 is 0.900 bits per heavy atom. The number of alkyl halides is 6. The third kappa shape index (κ3) is 15.1. The maximum atomic E-state index is 12.7. The van der Waals surface area contributed by atoms with Gasteiger partial charge < -0.3 is 41.0 Å². The van der Waals surface area contributed by atoms with Crippen molar-refractivity contribution in [3.05, 3.63) is 71.8 Å². The van der Waals surface area contributed by atoms with Crippen LogP contribution in [0.2, 0.25) is 0 Å². The third-order valence-corrected chi connectivity index (χ3v) is 8.55. The van der Waals surface area contributed by atoms with E-state index in [2.05, 4.69) is 21.3 Å². The smallest absolute Gasteiger partial charge is 0.407 e. The zero-order chi connectivity index (χ0) is 36.6. The topological polar surface area (TPSA) is 141 Å². The highest BCUT2D eigenvalue weighted by atomic mass is 19.4. The van der Waals surface area contributed by atoms with Crippen LogP contribution in [0.1, 0.15) is 68.2 Å². The molecule has 0 bridgehead atoms. The summed E-state index contributed by atoms with van der Waals surface area (Å²) in [7, 11) is 0. The van der Waals surface area contributed by atoms with Gasteiger partial charge in [0, 0.05) is 29.9 Å². The van der Waals surface area contributed by atoms with Gasteiger partial charge in [-0.25, -0.2) is 9.59 Å². The molecule has 0 heterocycles. The van der Waals surface area contributed by atoms with Crippen LogP contribution in [0.5, 0.6) is 0 Å². The Labute approximate surface area is 293 Å². The standard InChI is InChI=1S/2C17H23F3N2O3.4H2/c2*18-17(19,20)15(10-23)21-13-6-8-14(9-7-13)22-16(24)25-11-12-4-2-1-3-5-12;;;;/h2*1-5,13-15,21,23H,6-11H2,(H,22,24);4*1H/t2*13?,14?,15-;;;;/m11..../s1. The Bertz CT molecular complexity index is 1180. The van der Waals surface area contributed by atoms with Crippen LogP contribution in [-0.4, -0.2) is 84.2 Å². The molecule has 2 saturated carbocycles. The molecule has 2 aromatic rings. The molecule has 0 aliphatic heterocycles. The lowest BCUT2D eigenvalue weighted by molar-refractivity contribution is -0.167. The summed E-state index contributed by atoms with van der Waals surface area (Å²) in [5.41, 5.74) is 1.76. The van der Waals surface area contributed by atoms with Gasteiger partial charge in [0.15, 0.2) is 0 Å². The number of hydrogen-bond donors (Lipinski definition) is 6. The molecular formula is C34H54F6N4O6.